The summed E-state index contributed by atoms with van der Waals surface area (Å²) in [5, 5.41) is 9.05. The normalized spacial score (nSPS) is 15.6. The quantitative estimate of drug-likeness (QED) is 0.378. The highest BCUT2D eigenvalue weighted by atomic mass is 16.5. The molecule has 2 saturated carbocycles. The van der Waals surface area contributed by atoms with Gasteiger partial charge in [-0.3, -0.25) is 4.79 Å². The molecule has 0 unspecified atom stereocenters. The van der Waals surface area contributed by atoms with E-state index in [1.54, 1.807) is 7.11 Å². The standard InChI is InChI=1S/C26H29N7O3/c1-26(11-12-26)33-19(4-3-13-28-25(35)32-18-9-10-18)20(21-22(27)29-15-30-23(21)33)24(34)31-17-7-5-16(6-8-17)14-36-2/h5-8,15,18H,9-14H2,1-2H3,(H,31,34)(H2,27,29,30)(H2,28,32,35). The van der Waals surface area contributed by atoms with E-state index in [1.165, 1.54) is 6.33 Å². The summed E-state index contributed by atoms with van der Waals surface area (Å²) in [5.74, 6) is 6.00. The Morgan fingerprint density at radius 2 is 1.97 bits per heavy atom. The van der Waals surface area contributed by atoms with Crippen molar-refractivity contribution in [3.8, 4) is 11.8 Å². The zero-order valence-corrected chi connectivity index (χ0v) is 20.4. The Morgan fingerprint density at radius 1 is 1.22 bits per heavy atom. The average Bonchev–Trinajstić information content (AvgIpc) is 3.78. The average molecular weight is 488 g/mol. The predicted octanol–water partition coefficient (Wildman–Crippen LogP) is 2.73. The number of fused-ring (bicyclic) bond motifs is 1. The van der Waals surface area contributed by atoms with Crippen molar-refractivity contribution < 1.29 is 14.3 Å². The van der Waals surface area contributed by atoms with Gasteiger partial charge in [0, 0.05) is 24.4 Å². The van der Waals surface area contributed by atoms with Crippen LogP contribution in [0.25, 0.3) is 11.0 Å². The highest BCUT2D eigenvalue weighted by Crippen LogP contribution is 2.47. The Morgan fingerprint density at radius 3 is 2.64 bits per heavy atom. The second-order valence-electron chi connectivity index (χ2n) is 9.50. The predicted molar refractivity (Wildman–Crippen MR) is 136 cm³/mol. The van der Waals surface area contributed by atoms with Gasteiger partial charge in [0.2, 0.25) is 0 Å². The van der Waals surface area contributed by atoms with Gasteiger partial charge in [-0.2, -0.15) is 0 Å². The lowest BCUT2D eigenvalue weighted by molar-refractivity contribution is 0.102. The summed E-state index contributed by atoms with van der Waals surface area (Å²) >= 11 is 0. The number of benzene rings is 1. The zero-order chi connectivity index (χ0) is 25.3. The lowest BCUT2D eigenvalue weighted by Gasteiger charge is -2.14. The highest BCUT2D eigenvalue weighted by molar-refractivity contribution is 6.16. The summed E-state index contributed by atoms with van der Waals surface area (Å²) in [5.41, 5.74) is 9.08. The van der Waals surface area contributed by atoms with Crippen LogP contribution in [0.2, 0.25) is 0 Å². The number of nitrogens with two attached hydrogens (primary N) is 1. The Kier molecular flexibility index (Phi) is 6.24. The van der Waals surface area contributed by atoms with Crippen molar-refractivity contribution in [1.29, 1.82) is 0 Å². The molecule has 10 heteroatoms. The molecule has 0 atom stereocenters. The molecule has 10 nitrogen and oxygen atoms in total. The van der Waals surface area contributed by atoms with Crippen LogP contribution in [0.4, 0.5) is 16.3 Å². The van der Waals surface area contributed by atoms with Crippen molar-refractivity contribution in [1.82, 2.24) is 25.2 Å². The molecule has 1 aromatic carbocycles. The maximum absolute atomic E-state index is 13.6. The SMILES string of the molecule is COCc1ccc(NC(=O)c2c(C#CCNC(=O)NC3CC3)n(C3(C)CC3)c3ncnc(N)c23)cc1. The number of hydrogen-bond acceptors (Lipinski definition) is 6. The molecule has 0 bridgehead atoms. The topological polar surface area (TPSA) is 136 Å². The van der Waals surface area contributed by atoms with Gasteiger partial charge in [-0.25, -0.2) is 14.8 Å². The summed E-state index contributed by atoms with van der Waals surface area (Å²) in [7, 11) is 1.63. The summed E-state index contributed by atoms with van der Waals surface area (Å²) in [6, 6.07) is 7.44. The van der Waals surface area contributed by atoms with Gasteiger partial charge >= 0.3 is 6.03 Å². The van der Waals surface area contributed by atoms with E-state index in [9.17, 15) is 9.59 Å². The zero-order valence-electron chi connectivity index (χ0n) is 20.4. The molecule has 3 amide bonds. The van der Waals surface area contributed by atoms with E-state index in [2.05, 4.69) is 44.7 Å². The van der Waals surface area contributed by atoms with E-state index >= 15 is 0 Å². The molecule has 186 valence electrons. The van der Waals surface area contributed by atoms with Crippen LogP contribution in [0.5, 0.6) is 0 Å². The molecule has 0 aliphatic heterocycles. The fraction of sp³-hybridized carbons (Fsp3) is 0.385. The number of hydrogen-bond donors (Lipinski definition) is 4. The van der Waals surface area contributed by atoms with Gasteiger partial charge in [-0.05, 0) is 56.2 Å². The van der Waals surface area contributed by atoms with Gasteiger partial charge in [-0.1, -0.05) is 18.1 Å². The van der Waals surface area contributed by atoms with Crippen LogP contribution < -0.4 is 21.7 Å². The molecule has 0 spiro atoms. The Bertz CT molecular complexity index is 1380. The molecule has 2 aliphatic rings. The van der Waals surface area contributed by atoms with Gasteiger partial charge in [-0.15, -0.1) is 0 Å². The summed E-state index contributed by atoms with van der Waals surface area (Å²) in [4.78, 5) is 34.2. The van der Waals surface area contributed by atoms with E-state index in [1.807, 2.05) is 28.8 Å². The number of nitrogens with one attached hydrogen (secondary N) is 3. The second kappa shape index (κ2) is 9.51. The molecule has 3 aromatic rings. The summed E-state index contributed by atoms with van der Waals surface area (Å²) in [6.45, 7) is 2.73. The largest absolute Gasteiger partial charge is 0.383 e. The van der Waals surface area contributed by atoms with Crippen molar-refractivity contribution in [3.63, 3.8) is 0 Å². The number of nitrogens with zero attached hydrogens (tertiary/aromatic N) is 3. The van der Waals surface area contributed by atoms with Gasteiger partial charge in [0.1, 0.15) is 23.5 Å². The molecule has 5 N–H and O–H groups in total. The highest BCUT2D eigenvalue weighted by Gasteiger charge is 2.44. The second-order valence-corrected chi connectivity index (χ2v) is 9.50. The van der Waals surface area contributed by atoms with Gasteiger partial charge in [0.05, 0.1) is 24.1 Å². The first-order chi connectivity index (χ1) is 17.4. The summed E-state index contributed by atoms with van der Waals surface area (Å²) < 4.78 is 7.15. The third-order valence-corrected chi connectivity index (χ3v) is 6.50. The van der Waals surface area contributed by atoms with Crippen LogP contribution >= 0.6 is 0 Å². The molecule has 2 fully saturated rings. The number of carbonyl (C=O) groups excluding carboxylic acids is 2. The first-order valence-electron chi connectivity index (χ1n) is 12.0. The molecule has 36 heavy (non-hydrogen) atoms. The number of anilines is 2. The van der Waals surface area contributed by atoms with Gasteiger partial charge < -0.3 is 31.0 Å². The maximum atomic E-state index is 13.6. The molecule has 2 aromatic heterocycles. The van der Waals surface area contributed by atoms with E-state index in [0.29, 0.717) is 34.6 Å². The van der Waals surface area contributed by atoms with Gasteiger partial charge in [0.25, 0.3) is 5.91 Å². The van der Waals surface area contributed by atoms with Crippen molar-refractivity contribution in [2.45, 2.75) is 50.8 Å². The minimum Gasteiger partial charge on any atom is -0.383 e. The first-order valence-corrected chi connectivity index (χ1v) is 12.0. The van der Waals surface area contributed by atoms with E-state index < -0.39 is 0 Å². The number of nitrogen functional groups attached to an aromatic ring is 1. The molecule has 0 radical (unpaired) electrons. The van der Waals surface area contributed by atoms with Crippen molar-refractivity contribution >= 4 is 34.5 Å². The number of ether oxygens (including phenoxy) is 1. The molecular formula is C26H29N7O3. The maximum Gasteiger partial charge on any atom is 0.315 e. The van der Waals surface area contributed by atoms with Crippen LogP contribution in [0.15, 0.2) is 30.6 Å². The van der Waals surface area contributed by atoms with E-state index in [4.69, 9.17) is 10.5 Å². The monoisotopic (exact) mass is 487 g/mol. The first kappa shape index (κ1) is 23.6. The van der Waals surface area contributed by atoms with Crippen LogP contribution in [0.3, 0.4) is 0 Å². The number of methoxy groups -OCH3 is 1. The molecule has 2 aliphatic carbocycles. The van der Waals surface area contributed by atoms with Crippen LogP contribution in [-0.2, 0) is 16.9 Å². The number of aromatic nitrogens is 3. The van der Waals surface area contributed by atoms with Crippen molar-refractivity contribution in [2.24, 2.45) is 0 Å². The Labute approximate surface area is 209 Å². The van der Waals surface area contributed by atoms with Crippen LogP contribution in [0.1, 0.15) is 54.2 Å². The van der Waals surface area contributed by atoms with E-state index in [-0.39, 0.29) is 35.9 Å². The fourth-order valence-electron chi connectivity index (χ4n) is 4.17. The summed E-state index contributed by atoms with van der Waals surface area (Å²) in [6.07, 6.45) is 5.28. The third kappa shape index (κ3) is 4.83. The number of urea groups is 1. The third-order valence-electron chi connectivity index (χ3n) is 6.50. The number of amides is 3. The lowest BCUT2D eigenvalue weighted by atomic mass is 10.1. The molecule has 0 saturated heterocycles. The Balaban J connectivity index is 1.50. The van der Waals surface area contributed by atoms with Crippen molar-refractivity contribution in [3.05, 3.63) is 47.4 Å². The fourth-order valence-corrected chi connectivity index (χ4v) is 4.17. The van der Waals surface area contributed by atoms with Crippen molar-refractivity contribution in [2.75, 3.05) is 24.7 Å². The Hall–Kier alpha value is -4.10. The molecular weight excluding hydrogens is 458 g/mol. The van der Waals surface area contributed by atoms with E-state index in [0.717, 1.165) is 31.2 Å². The number of rotatable bonds is 7. The number of carbonyl (C=O) groups is 2. The van der Waals surface area contributed by atoms with Crippen LogP contribution in [0, 0.1) is 11.8 Å². The minimum atomic E-state index is -0.354. The molecule has 5 rings (SSSR count). The minimum absolute atomic E-state index is 0.139. The smallest absolute Gasteiger partial charge is 0.315 e. The van der Waals surface area contributed by atoms with Crippen LogP contribution in [-0.4, -0.2) is 46.2 Å². The van der Waals surface area contributed by atoms with Gasteiger partial charge in [0.15, 0.2) is 0 Å². The molecule has 2 heterocycles. The lowest BCUT2D eigenvalue weighted by Crippen LogP contribution is -2.36.